The highest BCUT2D eigenvalue weighted by Gasteiger charge is 2.23. The Balaban J connectivity index is 2.21. The molecule has 0 spiro atoms. The Bertz CT molecular complexity index is 474. The van der Waals surface area contributed by atoms with Crippen LogP contribution in [0, 0.1) is 6.92 Å². The first-order valence-corrected chi connectivity index (χ1v) is 6.19. The van der Waals surface area contributed by atoms with Gasteiger partial charge in [-0.2, -0.15) is 0 Å². The van der Waals surface area contributed by atoms with Gasteiger partial charge in [-0.15, -0.1) is 0 Å². The molecule has 1 aromatic carbocycles. The monoisotopic (exact) mass is 296 g/mol. The molecule has 0 radical (unpaired) electrons. The molecular weight excluding hydrogens is 284 g/mol. The Hall–Kier alpha value is -1.36. The van der Waals surface area contributed by atoms with E-state index in [0.717, 1.165) is 10.0 Å². The van der Waals surface area contributed by atoms with E-state index in [0.29, 0.717) is 18.7 Å². The highest BCUT2D eigenvalue weighted by Crippen LogP contribution is 2.17. The number of nitrogens with one attached hydrogen (secondary N) is 1. The van der Waals surface area contributed by atoms with E-state index >= 15 is 0 Å². The van der Waals surface area contributed by atoms with E-state index in [-0.39, 0.29) is 18.4 Å². The van der Waals surface area contributed by atoms with E-state index in [1.165, 1.54) is 0 Å². The van der Waals surface area contributed by atoms with E-state index in [4.69, 9.17) is 0 Å². The third kappa shape index (κ3) is 2.66. The number of halogens is 1. The second-order valence-electron chi connectivity index (χ2n) is 4.04. The van der Waals surface area contributed by atoms with Gasteiger partial charge in [0.15, 0.2) is 0 Å². The van der Waals surface area contributed by atoms with Crippen LogP contribution in [0.4, 0.5) is 0 Å². The van der Waals surface area contributed by atoms with Gasteiger partial charge in [0.25, 0.3) is 5.91 Å². The van der Waals surface area contributed by atoms with Gasteiger partial charge in [0, 0.05) is 23.1 Å². The average molecular weight is 297 g/mol. The SMILES string of the molecule is Cc1cc(Br)ccc1C(=O)N1CCNC(=O)C1. The van der Waals surface area contributed by atoms with Crippen molar-refractivity contribution >= 4 is 27.7 Å². The molecule has 2 amide bonds. The maximum atomic E-state index is 12.2. The minimum Gasteiger partial charge on any atom is -0.353 e. The molecule has 90 valence electrons. The first-order chi connectivity index (χ1) is 8.08. The Morgan fingerprint density at radius 1 is 1.47 bits per heavy atom. The van der Waals surface area contributed by atoms with Crippen molar-refractivity contribution in [3.05, 3.63) is 33.8 Å². The van der Waals surface area contributed by atoms with E-state index < -0.39 is 0 Å². The highest BCUT2D eigenvalue weighted by molar-refractivity contribution is 9.10. The maximum absolute atomic E-state index is 12.2. The fourth-order valence-electron chi connectivity index (χ4n) is 1.85. The van der Waals surface area contributed by atoms with Gasteiger partial charge in [0.1, 0.15) is 0 Å². The van der Waals surface area contributed by atoms with Crippen molar-refractivity contribution in [1.82, 2.24) is 10.2 Å². The van der Waals surface area contributed by atoms with Crippen LogP contribution in [0.2, 0.25) is 0 Å². The van der Waals surface area contributed by atoms with Crippen LogP contribution in [0.3, 0.4) is 0 Å². The summed E-state index contributed by atoms with van der Waals surface area (Å²) in [5, 5.41) is 2.70. The van der Waals surface area contributed by atoms with Gasteiger partial charge in [-0.3, -0.25) is 9.59 Å². The number of hydrogen-bond donors (Lipinski definition) is 1. The maximum Gasteiger partial charge on any atom is 0.254 e. The summed E-state index contributed by atoms with van der Waals surface area (Å²) in [5.41, 5.74) is 1.57. The first kappa shape index (κ1) is 12.1. The standard InChI is InChI=1S/C12H13BrN2O2/c1-8-6-9(13)2-3-10(8)12(17)15-5-4-14-11(16)7-15/h2-3,6H,4-5,7H2,1H3,(H,14,16). The van der Waals surface area contributed by atoms with Gasteiger partial charge in [0.2, 0.25) is 5.91 Å². The van der Waals surface area contributed by atoms with E-state index in [2.05, 4.69) is 21.2 Å². The Morgan fingerprint density at radius 2 is 2.24 bits per heavy atom. The molecule has 0 aromatic heterocycles. The molecule has 4 nitrogen and oxygen atoms in total. The molecule has 2 rings (SSSR count). The largest absolute Gasteiger partial charge is 0.353 e. The molecule has 1 fully saturated rings. The van der Waals surface area contributed by atoms with Crippen molar-refractivity contribution in [2.24, 2.45) is 0 Å². The molecule has 1 N–H and O–H groups in total. The number of amides is 2. The number of aryl methyl sites for hydroxylation is 1. The lowest BCUT2D eigenvalue weighted by Gasteiger charge is -2.27. The fraction of sp³-hybridized carbons (Fsp3) is 0.333. The number of rotatable bonds is 1. The molecule has 5 heteroatoms. The molecule has 0 bridgehead atoms. The summed E-state index contributed by atoms with van der Waals surface area (Å²) in [4.78, 5) is 25.0. The highest BCUT2D eigenvalue weighted by atomic mass is 79.9. The summed E-state index contributed by atoms with van der Waals surface area (Å²) >= 11 is 3.36. The quantitative estimate of drug-likeness (QED) is 0.850. The summed E-state index contributed by atoms with van der Waals surface area (Å²) in [6, 6.07) is 5.52. The zero-order chi connectivity index (χ0) is 12.4. The Kier molecular flexibility index (Phi) is 3.47. The van der Waals surface area contributed by atoms with Crippen molar-refractivity contribution in [3.8, 4) is 0 Å². The third-order valence-electron chi connectivity index (χ3n) is 2.74. The van der Waals surface area contributed by atoms with Gasteiger partial charge in [-0.1, -0.05) is 15.9 Å². The van der Waals surface area contributed by atoms with E-state index in [1.807, 2.05) is 19.1 Å². The summed E-state index contributed by atoms with van der Waals surface area (Å²) in [5.74, 6) is -0.177. The summed E-state index contributed by atoms with van der Waals surface area (Å²) < 4.78 is 0.947. The number of hydrogen-bond acceptors (Lipinski definition) is 2. The number of piperazine rings is 1. The molecule has 1 heterocycles. The van der Waals surface area contributed by atoms with Crippen LogP contribution in [0.15, 0.2) is 22.7 Å². The summed E-state index contributed by atoms with van der Waals surface area (Å²) in [6.45, 7) is 3.14. The van der Waals surface area contributed by atoms with Crippen LogP contribution in [0.25, 0.3) is 0 Å². The summed E-state index contributed by atoms with van der Waals surface area (Å²) in [7, 11) is 0. The van der Waals surface area contributed by atoms with Crippen molar-refractivity contribution < 1.29 is 9.59 Å². The number of carbonyl (C=O) groups excluding carboxylic acids is 2. The van der Waals surface area contributed by atoms with Crippen molar-refractivity contribution in [2.75, 3.05) is 19.6 Å². The zero-order valence-corrected chi connectivity index (χ0v) is 11.1. The lowest BCUT2D eigenvalue weighted by atomic mass is 10.1. The van der Waals surface area contributed by atoms with Gasteiger partial charge >= 0.3 is 0 Å². The fourth-order valence-corrected chi connectivity index (χ4v) is 2.32. The van der Waals surface area contributed by atoms with Crippen molar-refractivity contribution in [3.63, 3.8) is 0 Å². The van der Waals surface area contributed by atoms with Crippen molar-refractivity contribution in [1.29, 1.82) is 0 Å². The zero-order valence-electron chi connectivity index (χ0n) is 9.50. The molecule has 1 aromatic rings. The van der Waals surface area contributed by atoms with Gasteiger partial charge < -0.3 is 10.2 Å². The predicted octanol–water partition coefficient (Wildman–Crippen LogP) is 1.33. The molecular formula is C12H13BrN2O2. The number of carbonyl (C=O) groups is 2. The van der Waals surface area contributed by atoms with Crippen LogP contribution in [-0.2, 0) is 4.79 Å². The number of nitrogens with zero attached hydrogens (tertiary/aromatic N) is 1. The second-order valence-corrected chi connectivity index (χ2v) is 4.95. The minimum absolute atomic E-state index is 0.0788. The Morgan fingerprint density at radius 3 is 2.88 bits per heavy atom. The van der Waals surface area contributed by atoms with Crippen molar-refractivity contribution in [2.45, 2.75) is 6.92 Å². The second kappa shape index (κ2) is 4.87. The third-order valence-corrected chi connectivity index (χ3v) is 3.24. The van der Waals surface area contributed by atoms with Crippen LogP contribution in [0.1, 0.15) is 15.9 Å². The normalized spacial score (nSPS) is 15.6. The Labute approximate surface area is 108 Å². The van der Waals surface area contributed by atoms with Crippen LogP contribution >= 0.6 is 15.9 Å². The molecule has 0 atom stereocenters. The predicted molar refractivity (Wildman–Crippen MR) is 67.8 cm³/mol. The summed E-state index contributed by atoms with van der Waals surface area (Å²) in [6.07, 6.45) is 0. The van der Waals surface area contributed by atoms with Gasteiger partial charge in [-0.05, 0) is 30.7 Å². The van der Waals surface area contributed by atoms with E-state index in [1.54, 1.807) is 11.0 Å². The molecule has 0 aliphatic carbocycles. The molecule has 0 saturated carbocycles. The molecule has 17 heavy (non-hydrogen) atoms. The van der Waals surface area contributed by atoms with E-state index in [9.17, 15) is 9.59 Å². The first-order valence-electron chi connectivity index (χ1n) is 5.40. The van der Waals surface area contributed by atoms with Gasteiger partial charge in [-0.25, -0.2) is 0 Å². The lowest BCUT2D eigenvalue weighted by Crippen LogP contribution is -2.50. The topological polar surface area (TPSA) is 49.4 Å². The molecule has 1 aliphatic rings. The average Bonchev–Trinajstić information content (AvgIpc) is 2.28. The van der Waals surface area contributed by atoms with Crippen LogP contribution in [0.5, 0.6) is 0 Å². The van der Waals surface area contributed by atoms with Crippen LogP contribution in [-0.4, -0.2) is 36.3 Å². The molecule has 0 unspecified atom stereocenters. The minimum atomic E-state index is -0.0978. The van der Waals surface area contributed by atoms with Crippen LogP contribution < -0.4 is 5.32 Å². The smallest absolute Gasteiger partial charge is 0.254 e. The van der Waals surface area contributed by atoms with Gasteiger partial charge in [0.05, 0.1) is 6.54 Å². The number of benzene rings is 1. The molecule has 1 saturated heterocycles. The lowest BCUT2D eigenvalue weighted by molar-refractivity contribution is -0.123. The molecule has 1 aliphatic heterocycles.